The normalized spacial score (nSPS) is 10.3. The molecule has 1 aromatic rings. The first kappa shape index (κ1) is 29.8. The first-order valence-electron chi connectivity index (χ1n) is 10.3. The second-order valence-corrected chi connectivity index (χ2v) is 5.91. The predicted octanol–water partition coefficient (Wildman–Crippen LogP) is 9.25. The minimum atomic E-state index is 0.983. The molecule has 1 aromatic carbocycles. The molecule has 0 fully saturated rings. The molecule has 0 saturated carbocycles. The minimum absolute atomic E-state index is 0.983. The highest BCUT2D eigenvalue weighted by molar-refractivity contribution is 5.63. The van der Waals surface area contributed by atoms with Gasteiger partial charge in [0.1, 0.15) is 0 Å². The second-order valence-electron chi connectivity index (χ2n) is 5.91. The van der Waals surface area contributed by atoms with Crippen LogP contribution >= 0.6 is 0 Å². The molecule has 0 nitrogen and oxygen atoms in total. The van der Waals surface area contributed by atoms with Crippen molar-refractivity contribution in [3.8, 4) is 11.8 Å². The second kappa shape index (κ2) is 26.2. The molecule has 0 unspecified atom stereocenters. The molecule has 0 atom stereocenters. The first-order valence-corrected chi connectivity index (χ1v) is 10.3. The van der Waals surface area contributed by atoms with Gasteiger partial charge in [0.15, 0.2) is 0 Å². The van der Waals surface area contributed by atoms with Crippen molar-refractivity contribution in [1.29, 1.82) is 0 Å². The average molecular weight is 369 g/mol. The summed E-state index contributed by atoms with van der Waals surface area (Å²) in [5, 5.41) is 0. The lowest BCUT2D eigenvalue weighted by atomic mass is 10.1. The molecular formula is C27H44. The van der Waals surface area contributed by atoms with Gasteiger partial charge in [0.05, 0.1) is 0 Å². The van der Waals surface area contributed by atoms with Crippen molar-refractivity contribution in [3.63, 3.8) is 0 Å². The summed E-state index contributed by atoms with van der Waals surface area (Å²) in [6.07, 6.45) is 13.0. The number of hydrogen-bond acceptors (Lipinski definition) is 0. The van der Waals surface area contributed by atoms with E-state index in [2.05, 4.69) is 102 Å². The third-order valence-electron chi connectivity index (χ3n) is 3.61. The lowest BCUT2D eigenvalue weighted by Crippen LogP contribution is -1.76. The third-order valence-corrected chi connectivity index (χ3v) is 3.61. The Morgan fingerprint density at radius 2 is 1.52 bits per heavy atom. The Hall–Kier alpha value is -2.00. The molecule has 0 spiro atoms. The number of allylic oxidation sites excluding steroid dienone is 6. The van der Waals surface area contributed by atoms with Crippen LogP contribution in [0.4, 0.5) is 0 Å². The Bertz CT molecular complexity index is 545. The molecule has 1 rings (SSSR count). The molecule has 0 heterocycles. The van der Waals surface area contributed by atoms with E-state index < -0.39 is 0 Å². The van der Waals surface area contributed by atoms with Crippen LogP contribution in [0.3, 0.4) is 0 Å². The summed E-state index contributed by atoms with van der Waals surface area (Å²) in [7, 11) is 0. The lowest BCUT2D eigenvalue weighted by molar-refractivity contribution is 1.09. The zero-order valence-electron chi connectivity index (χ0n) is 19.5. The van der Waals surface area contributed by atoms with Crippen LogP contribution < -0.4 is 0 Å². The number of rotatable bonds is 4. The minimum Gasteiger partial charge on any atom is -0.107 e. The summed E-state index contributed by atoms with van der Waals surface area (Å²) in [5.74, 6) is 5.63. The van der Waals surface area contributed by atoms with Gasteiger partial charge in [0.2, 0.25) is 0 Å². The highest BCUT2D eigenvalue weighted by Crippen LogP contribution is 2.12. The monoisotopic (exact) mass is 368 g/mol. The summed E-state index contributed by atoms with van der Waals surface area (Å²) in [5.41, 5.74) is 4.16. The highest BCUT2D eigenvalue weighted by atomic mass is 14.0. The van der Waals surface area contributed by atoms with Crippen LogP contribution in [-0.2, 0) is 0 Å². The molecule has 0 aliphatic carbocycles. The molecule has 0 N–H and O–H groups in total. The molecule has 0 amide bonds. The Morgan fingerprint density at radius 1 is 0.926 bits per heavy atom. The van der Waals surface area contributed by atoms with Gasteiger partial charge in [-0.1, -0.05) is 87.9 Å². The SMILES string of the molecule is C/C=C(\C)CC.C/C=C/CC.CC#CCC.CC/C=C(/C)c1ccccc1. The Morgan fingerprint density at radius 3 is 1.74 bits per heavy atom. The van der Waals surface area contributed by atoms with Crippen molar-refractivity contribution in [2.45, 2.75) is 88.0 Å². The van der Waals surface area contributed by atoms with Crippen molar-refractivity contribution in [2.75, 3.05) is 0 Å². The first-order chi connectivity index (χ1) is 13.0. The molecule has 27 heavy (non-hydrogen) atoms. The van der Waals surface area contributed by atoms with Gasteiger partial charge in [-0.15, -0.1) is 11.8 Å². The Labute approximate surface area is 171 Å². The molecule has 0 bridgehead atoms. The molecule has 152 valence electrons. The van der Waals surface area contributed by atoms with E-state index in [9.17, 15) is 0 Å². The molecule has 0 radical (unpaired) electrons. The van der Waals surface area contributed by atoms with Gasteiger partial charge in [0, 0.05) is 6.42 Å². The molecule has 0 aromatic heterocycles. The maximum absolute atomic E-state index is 2.86. The zero-order valence-corrected chi connectivity index (χ0v) is 19.5. The van der Waals surface area contributed by atoms with Crippen LogP contribution in [0.5, 0.6) is 0 Å². The Balaban J connectivity index is -0.000000309. The quantitative estimate of drug-likeness (QED) is 0.367. The van der Waals surface area contributed by atoms with Crippen LogP contribution in [0.15, 0.2) is 60.2 Å². The molecule has 0 aliphatic heterocycles. The maximum Gasteiger partial charge on any atom is 0.00601 e. The van der Waals surface area contributed by atoms with Gasteiger partial charge in [-0.2, -0.15) is 0 Å². The standard InChI is InChI=1S/C11H14.C6H12.C5H10.C5H8/c1-3-7-10(2)11-8-5-4-6-9-11;1-4-6(3)5-2;2*1-3-5-4-2/h4-9H,3H2,1-2H3;4H,5H2,1-3H3;3,5H,4H2,1-2H3;3H2,1-2H3/b10-7-;6-4+;5-3+;. The van der Waals surface area contributed by atoms with Gasteiger partial charge in [-0.05, 0) is 65.0 Å². The fourth-order valence-corrected chi connectivity index (χ4v) is 1.74. The van der Waals surface area contributed by atoms with Crippen molar-refractivity contribution < 1.29 is 0 Å². The molecule has 0 aliphatic rings. The van der Waals surface area contributed by atoms with Crippen molar-refractivity contribution in [3.05, 3.63) is 65.8 Å². The molecule has 0 saturated heterocycles. The summed E-state index contributed by atoms with van der Waals surface area (Å²) in [4.78, 5) is 0. The topological polar surface area (TPSA) is 0 Å². The van der Waals surface area contributed by atoms with Crippen molar-refractivity contribution >= 4 is 5.57 Å². The van der Waals surface area contributed by atoms with Crippen LogP contribution in [0.1, 0.15) is 93.6 Å². The van der Waals surface area contributed by atoms with Crippen LogP contribution in [0.25, 0.3) is 5.57 Å². The van der Waals surface area contributed by atoms with Crippen molar-refractivity contribution in [2.24, 2.45) is 0 Å². The van der Waals surface area contributed by atoms with E-state index in [-0.39, 0.29) is 0 Å². The van der Waals surface area contributed by atoms with Crippen molar-refractivity contribution in [1.82, 2.24) is 0 Å². The Kier molecular flexibility index (Phi) is 28.9. The van der Waals surface area contributed by atoms with Gasteiger partial charge >= 0.3 is 0 Å². The van der Waals surface area contributed by atoms with E-state index in [0.717, 1.165) is 19.3 Å². The smallest absolute Gasteiger partial charge is 0.00601 e. The largest absolute Gasteiger partial charge is 0.107 e. The zero-order chi connectivity index (χ0) is 21.3. The van der Waals surface area contributed by atoms with Crippen LogP contribution in [0.2, 0.25) is 0 Å². The summed E-state index contributed by atoms with van der Waals surface area (Å²) >= 11 is 0. The van der Waals surface area contributed by atoms with Gasteiger partial charge in [-0.3, -0.25) is 0 Å². The fraction of sp³-hybridized carbons (Fsp3) is 0.481. The van der Waals surface area contributed by atoms with Gasteiger partial charge in [-0.25, -0.2) is 0 Å². The maximum atomic E-state index is 2.86. The highest BCUT2D eigenvalue weighted by Gasteiger charge is 1.90. The summed E-state index contributed by atoms with van der Waals surface area (Å²) < 4.78 is 0. The number of benzene rings is 1. The number of hydrogen-bond donors (Lipinski definition) is 0. The van der Waals surface area contributed by atoms with Gasteiger partial charge < -0.3 is 0 Å². The van der Waals surface area contributed by atoms with E-state index in [1.165, 1.54) is 23.1 Å². The lowest BCUT2D eigenvalue weighted by Gasteiger charge is -1.98. The summed E-state index contributed by atoms with van der Waals surface area (Å²) in [6.45, 7) is 18.7. The molecular weight excluding hydrogens is 324 g/mol. The van der Waals surface area contributed by atoms with Crippen LogP contribution in [-0.4, -0.2) is 0 Å². The van der Waals surface area contributed by atoms with E-state index in [1.54, 1.807) is 0 Å². The van der Waals surface area contributed by atoms with E-state index >= 15 is 0 Å². The van der Waals surface area contributed by atoms with E-state index in [4.69, 9.17) is 0 Å². The fourth-order valence-electron chi connectivity index (χ4n) is 1.74. The summed E-state index contributed by atoms with van der Waals surface area (Å²) in [6, 6.07) is 10.5. The predicted molar refractivity (Wildman–Crippen MR) is 129 cm³/mol. The van der Waals surface area contributed by atoms with E-state index in [0.29, 0.717) is 0 Å². The van der Waals surface area contributed by atoms with E-state index in [1.807, 2.05) is 26.8 Å². The third kappa shape index (κ3) is 26.3. The van der Waals surface area contributed by atoms with Crippen LogP contribution in [0, 0.1) is 11.8 Å². The molecule has 0 heteroatoms. The van der Waals surface area contributed by atoms with Gasteiger partial charge in [0.25, 0.3) is 0 Å². The average Bonchev–Trinajstić information content (AvgIpc) is 2.71.